The molecular weight excluding hydrogens is 320 g/mol. The lowest BCUT2D eigenvalue weighted by molar-refractivity contribution is -0.154. The predicted molar refractivity (Wildman–Crippen MR) is 81.8 cm³/mol. The summed E-state index contributed by atoms with van der Waals surface area (Å²) in [5.41, 5.74) is -0.178. The van der Waals surface area contributed by atoms with Crippen LogP contribution < -0.4 is 14.8 Å². The summed E-state index contributed by atoms with van der Waals surface area (Å²) in [5, 5.41) is 11.1. The van der Waals surface area contributed by atoms with Gasteiger partial charge in [0.05, 0.1) is 13.0 Å². The highest BCUT2D eigenvalue weighted by Gasteiger charge is 2.23. The number of amides is 1. The van der Waals surface area contributed by atoms with Crippen molar-refractivity contribution in [1.82, 2.24) is 10.3 Å². The summed E-state index contributed by atoms with van der Waals surface area (Å²) in [6.07, 6.45) is 1.31. The van der Waals surface area contributed by atoms with Gasteiger partial charge in [-0.05, 0) is 6.92 Å². The molecule has 0 bridgehead atoms. The first-order chi connectivity index (χ1) is 11.3. The van der Waals surface area contributed by atoms with Crippen molar-refractivity contribution in [3.05, 3.63) is 18.0 Å². The fourth-order valence-corrected chi connectivity index (χ4v) is 1.53. The molecule has 0 aliphatic carbocycles. The number of methoxy groups -OCH3 is 1. The van der Waals surface area contributed by atoms with Crippen molar-refractivity contribution in [3.63, 3.8) is 0 Å². The Balaban J connectivity index is 2.94. The van der Waals surface area contributed by atoms with Gasteiger partial charge in [-0.2, -0.15) is 0 Å². The van der Waals surface area contributed by atoms with Crippen molar-refractivity contribution in [2.75, 3.05) is 13.9 Å². The zero-order valence-corrected chi connectivity index (χ0v) is 13.9. The van der Waals surface area contributed by atoms with Crippen LogP contribution in [-0.4, -0.2) is 47.9 Å². The van der Waals surface area contributed by atoms with Gasteiger partial charge in [0.25, 0.3) is 5.91 Å². The fourth-order valence-electron chi connectivity index (χ4n) is 1.53. The first-order valence-corrected chi connectivity index (χ1v) is 7.14. The van der Waals surface area contributed by atoms with Crippen molar-refractivity contribution >= 4 is 17.8 Å². The van der Waals surface area contributed by atoms with E-state index < -0.39 is 30.7 Å². The third kappa shape index (κ3) is 5.11. The third-order valence-electron chi connectivity index (χ3n) is 2.90. The Hall–Kier alpha value is -2.84. The number of carbonyl (C=O) groups excluding carboxylic acids is 2. The van der Waals surface area contributed by atoms with Gasteiger partial charge in [0.15, 0.2) is 17.2 Å². The molecule has 0 saturated heterocycles. The minimum atomic E-state index is -1.19. The van der Waals surface area contributed by atoms with Crippen LogP contribution in [0.5, 0.6) is 11.5 Å². The second kappa shape index (κ2) is 8.70. The van der Waals surface area contributed by atoms with E-state index in [1.165, 1.54) is 26.3 Å². The van der Waals surface area contributed by atoms with Crippen LogP contribution in [0.1, 0.15) is 31.3 Å². The molecule has 2 N–H and O–H groups in total. The highest BCUT2D eigenvalue weighted by atomic mass is 16.7. The van der Waals surface area contributed by atoms with Gasteiger partial charge < -0.3 is 24.6 Å². The van der Waals surface area contributed by atoms with E-state index in [0.29, 0.717) is 0 Å². The molecule has 9 nitrogen and oxygen atoms in total. The molecule has 1 atom stereocenters. The van der Waals surface area contributed by atoms with E-state index in [1.54, 1.807) is 13.8 Å². The zero-order chi connectivity index (χ0) is 18.3. The molecule has 1 unspecified atom stereocenters. The normalized spacial score (nSPS) is 11.5. The van der Waals surface area contributed by atoms with Crippen LogP contribution in [-0.2, 0) is 14.3 Å². The number of carboxylic acid groups (broad SMARTS) is 1. The van der Waals surface area contributed by atoms with Gasteiger partial charge in [-0.15, -0.1) is 0 Å². The number of hydrogen-bond donors (Lipinski definition) is 2. The number of rotatable bonds is 8. The van der Waals surface area contributed by atoms with E-state index >= 15 is 0 Å². The fraction of sp³-hybridized carbons (Fsp3) is 0.467. The van der Waals surface area contributed by atoms with Crippen LogP contribution in [0.15, 0.2) is 12.3 Å². The van der Waals surface area contributed by atoms with Gasteiger partial charge in [-0.25, -0.2) is 4.98 Å². The standard InChI is InChI=1S/C15H20N2O7/c1-8(2)15(21)24-7-23-12-10(22-4)5-6-16-11(12)13(18)17-9(3)14(19)20/h5-6,8-9H,7H2,1-4H3,(H,17,18)(H,19,20). The van der Waals surface area contributed by atoms with Crippen molar-refractivity contribution in [1.29, 1.82) is 0 Å². The molecule has 0 saturated carbocycles. The van der Waals surface area contributed by atoms with Gasteiger partial charge in [0.2, 0.25) is 6.79 Å². The lowest BCUT2D eigenvalue weighted by Gasteiger charge is -2.15. The maximum absolute atomic E-state index is 12.2. The molecule has 9 heteroatoms. The Morgan fingerprint density at radius 2 is 1.96 bits per heavy atom. The minimum Gasteiger partial charge on any atom is -0.493 e. The molecule has 0 radical (unpaired) electrons. The van der Waals surface area contributed by atoms with Crippen LogP contribution in [0.2, 0.25) is 0 Å². The van der Waals surface area contributed by atoms with Crippen LogP contribution in [0, 0.1) is 5.92 Å². The summed E-state index contributed by atoms with van der Waals surface area (Å²) >= 11 is 0. The SMILES string of the molecule is COc1ccnc(C(=O)NC(C)C(=O)O)c1OCOC(=O)C(C)C. The highest BCUT2D eigenvalue weighted by molar-refractivity contribution is 5.97. The number of esters is 1. The summed E-state index contributed by atoms with van der Waals surface area (Å²) < 4.78 is 15.3. The summed E-state index contributed by atoms with van der Waals surface area (Å²) in [5.74, 6) is -2.61. The van der Waals surface area contributed by atoms with E-state index in [1.807, 2.05) is 0 Å². The number of hydrogen-bond acceptors (Lipinski definition) is 7. The van der Waals surface area contributed by atoms with E-state index in [4.69, 9.17) is 19.3 Å². The Labute approximate surface area is 138 Å². The molecule has 1 aromatic heterocycles. The molecule has 24 heavy (non-hydrogen) atoms. The second-order valence-electron chi connectivity index (χ2n) is 5.10. The van der Waals surface area contributed by atoms with E-state index in [-0.39, 0.29) is 23.1 Å². The monoisotopic (exact) mass is 340 g/mol. The third-order valence-corrected chi connectivity index (χ3v) is 2.90. The number of carboxylic acids is 1. The maximum Gasteiger partial charge on any atom is 0.325 e. The molecule has 0 spiro atoms. The van der Waals surface area contributed by atoms with E-state index in [2.05, 4.69) is 10.3 Å². The molecule has 1 heterocycles. The molecule has 0 aliphatic heterocycles. The van der Waals surface area contributed by atoms with E-state index in [0.717, 1.165) is 0 Å². The summed E-state index contributed by atoms with van der Waals surface area (Å²) in [7, 11) is 1.36. The number of aliphatic carboxylic acids is 1. The molecule has 132 valence electrons. The predicted octanol–water partition coefficient (Wildman–Crippen LogP) is 0.829. The number of pyridine rings is 1. The average molecular weight is 340 g/mol. The van der Waals surface area contributed by atoms with Crippen molar-refractivity contribution in [3.8, 4) is 11.5 Å². The smallest absolute Gasteiger partial charge is 0.325 e. The molecule has 1 rings (SSSR count). The quantitative estimate of drug-likeness (QED) is 0.527. The maximum atomic E-state index is 12.2. The van der Waals surface area contributed by atoms with Crippen molar-refractivity contribution in [2.45, 2.75) is 26.8 Å². The lowest BCUT2D eigenvalue weighted by Crippen LogP contribution is -2.38. The second-order valence-corrected chi connectivity index (χ2v) is 5.10. The van der Waals surface area contributed by atoms with Crippen LogP contribution in [0.25, 0.3) is 0 Å². The average Bonchev–Trinajstić information content (AvgIpc) is 2.54. The molecule has 0 fully saturated rings. The Bertz CT molecular complexity index is 616. The molecular formula is C15H20N2O7. The topological polar surface area (TPSA) is 124 Å². The summed E-state index contributed by atoms with van der Waals surface area (Å²) in [6.45, 7) is 4.21. The molecule has 0 aliphatic rings. The minimum absolute atomic E-state index is 0.0494. The molecule has 1 aromatic rings. The van der Waals surface area contributed by atoms with Crippen molar-refractivity contribution < 1.29 is 33.7 Å². The van der Waals surface area contributed by atoms with Crippen molar-refractivity contribution in [2.24, 2.45) is 5.92 Å². The highest BCUT2D eigenvalue weighted by Crippen LogP contribution is 2.29. The first kappa shape index (κ1) is 19.2. The lowest BCUT2D eigenvalue weighted by atomic mass is 10.2. The first-order valence-electron chi connectivity index (χ1n) is 7.14. The van der Waals surface area contributed by atoms with E-state index in [9.17, 15) is 14.4 Å². The largest absolute Gasteiger partial charge is 0.493 e. The van der Waals surface area contributed by atoms with Gasteiger partial charge in [0, 0.05) is 12.3 Å². The van der Waals surface area contributed by atoms with Gasteiger partial charge in [-0.1, -0.05) is 13.8 Å². The summed E-state index contributed by atoms with van der Waals surface area (Å²) in [6, 6.07) is 0.342. The Kier molecular flexibility index (Phi) is 6.97. The van der Waals surface area contributed by atoms with Crippen LogP contribution >= 0.6 is 0 Å². The van der Waals surface area contributed by atoms with Crippen LogP contribution in [0.4, 0.5) is 0 Å². The van der Waals surface area contributed by atoms with Crippen LogP contribution in [0.3, 0.4) is 0 Å². The van der Waals surface area contributed by atoms with Gasteiger partial charge in [0.1, 0.15) is 6.04 Å². The Morgan fingerprint density at radius 1 is 1.29 bits per heavy atom. The Morgan fingerprint density at radius 3 is 2.50 bits per heavy atom. The number of nitrogens with zero attached hydrogens (tertiary/aromatic N) is 1. The number of aromatic nitrogens is 1. The number of nitrogens with one attached hydrogen (secondary N) is 1. The summed E-state index contributed by atoms with van der Waals surface area (Å²) in [4.78, 5) is 38.3. The van der Waals surface area contributed by atoms with Gasteiger partial charge >= 0.3 is 11.9 Å². The molecule has 0 aromatic carbocycles. The zero-order valence-electron chi connectivity index (χ0n) is 13.9. The number of ether oxygens (including phenoxy) is 3. The molecule has 1 amide bonds. The number of carbonyl (C=O) groups is 3. The van der Waals surface area contributed by atoms with Gasteiger partial charge in [-0.3, -0.25) is 14.4 Å².